The van der Waals surface area contributed by atoms with E-state index in [-0.39, 0.29) is 14.7 Å². The maximum Gasteiger partial charge on any atom is 0.256 e. The number of rotatable bonds is 8. The number of amides is 2. The Balaban J connectivity index is 1.74. The minimum Gasteiger partial charge on any atom is -0.336 e. The van der Waals surface area contributed by atoms with Crippen LogP contribution >= 0.6 is 81.5 Å². The lowest BCUT2D eigenvalue weighted by Crippen LogP contribution is -2.41. The molecule has 0 aliphatic heterocycles. The van der Waals surface area contributed by atoms with E-state index in [1.807, 2.05) is 0 Å². The molecular formula is C22H15Cl5N4O2S2. The van der Waals surface area contributed by atoms with E-state index >= 15 is 0 Å². The van der Waals surface area contributed by atoms with E-state index in [9.17, 15) is 9.59 Å². The number of hydrogen-bond acceptors (Lipinski definition) is 6. The van der Waals surface area contributed by atoms with Gasteiger partial charge in [0.05, 0.1) is 0 Å². The summed E-state index contributed by atoms with van der Waals surface area (Å²) in [6.45, 7) is 0. The molecule has 0 saturated carbocycles. The lowest BCUT2D eigenvalue weighted by atomic mass is 10.2. The summed E-state index contributed by atoms with van der Waals surface area (Å²) in [6.07, 6.45) is 1.48. The Morgan fingerprint density at radius 2 is 1.43 bits per heavy atom. The molecular weight excluding hydrogens is 594 g/mol. The van der Waals surface area contributed by atoms with Crippen molar-refractivity contribution in [2.24, 2.45) is 0 Å². The Bertz CT molecular complexity index is 1210. The minimum absolute atomic E-state index is 0.139. The molecule has 0 aliphatic rings. The van der Waals surface area contributed by atoms with Crippen LogP contribution < -0.4 is 10.6 Å². The Labute approximate surface area is 235 Å². The quantitative estimate of drug-likeness (QED) is 0.0960. The second-order valence-electron chi connectivity index (χ2n) is 6.57. The number of benzene rings is 2. The molecule has 2 amide bonds. The van der Waals surface area contributed by atoms with Gasteiger partial charge in [-0.25, -0.2) is 9.97 Å². The van der Waals surface area contributed by atoms with Crippen LogP contribution in [0, 0.1) is 0 Å². The number of thioether (sulfide) groups is 2. The molecule has 6 nitrogen and oxygen atoms in total. The van der Waals surface area contributed by atoms with Gasteiger partial charge in [0.1, 0.15) is 19.9 Å². The fourth-order valence-electron chi connectivity index (χ4n) is 2.50. The number of halogens is 5. The number of carbonyl (C=O) groups excluding carboxylic acids is 2. The zero-order chi connectivity index (χ0) is 25.4. The van der Waals surface area contributed by atoms with Crippen molar-refractivity contribution in [2.45, 2.75) is 19.3 Å². The summed E-state index contributed by atoms with van der Waals surface area (Å²) in [7, 11) is 0. The summed E-state index contributed by atoms with van der Waals surface area (Å²) < 4.78 is -2.02. The molecule has 2 N–H and O–H groups in total. The Morgan fingerprint density at radius 3 is 1.97 bits per heavy atom. The zero-order valence-electron chi connectivity index (χ0n) is 17.4. The molecule has 1 aromatic heterocycles. The topological polar surface area (TPSA) is 84.0 Å². The Kier molecular flexibility index (Phi) is 10.4. The second kappa shape index (κ2) is 13.1. The van der Waals surface area contributed by atoms with E-state index < -0.39 is 21.0 Å². The third kappa shape index (κ3) is 8.75. The van der Waals surface area contributed by atoms with Gasteiger partial charge in [0, 0.05) is 17.3 Å². The number of aromatic nitrogens is 2. The Morgan fingerprint density at radius 1 is 0.857 bits per heavy atom. The molecule has 0 saturated heterocycles. The number of nitrogens with zero attached hydrogens (tertiary/aromatic N) is 2. The summed E-state index contributed by atoms with van der Waals surface area (Å²) >= 11 is 32.3. The zero-order valence-corrected chi connectivity index (χ0v) is 22.8. The van der Waals surface area contributed by atoms with E-state index in [1.165, 1.54) is 6.20 Å². The van der Waals surface area contributed by atoms with Gasteiger partial charge < -0.3 is 10.6 Å². The van der Waals surface area contributed by atoms with E-state index in [1.54, 1.807) is 66.7 Å². The molecule has 0 radical (unpaired) electrons. The highest BCUT2D eigenvalue weighted by Crippen LogP contribution is 2.39. The van der Waals surface area contributed by atoms with Crippen LogP contribution in [0.4, 0.5) is 0 Å². The number of nitrogens with one attached hydrogen (secondary N) is 2. The highest BCUT2D eigenvalue weighted by Gasteiger charge is 2.35. The highest BCUT2D eigenvalue weighted by molar-refractivity contribution is 8.03. The number of carbonyl (C=O) groups is 2. The molecule has 1 atom stereocenters. The van der Waals surface area contributed by atoms with Crippen molar-refractivity contribution in [1.29, 1.82) is 0 Å². The smallest absolute Gasteiger partial charge is 0.256 e. The molecule has 0 aliphatic carbocycles. The molecule has 182 valence electrons. The number of hydrogen-bond donors (Lipinski definition) is 2. The van der Waals surface area contributed by atoms with Crippen molar-refractivity contribution in [3.8, 4) is 0 Å². The molecule has 2 aromatic carbocycles. The fourth-order valence-corrected chi connectivity index (χ4v) is 4.93. The molecule has 3 rings (SSSR count). The maximum atomic E-state index is 12.6. The van der Waals surface area contributed by atoms with Gasteiger partial charge in [0.15, 0.2) is 5.16 Å². The van der Waals surface area contributed by atoms with Crippen LogP contribution in [0.25, 0.3) is 0 Å². The molecule has 35 heavy (non-hydrogen) atoms. The van der Waals surface area contributed by atoms with E-state index in [0.717, 1.165) is 23.5 Å². The first-order valence-corrected chi connectivity index (χ1v) is 13.2. The van der Waals surface area contributed by atoms with Crippen molar-refractivity contribution in [3.63, 3.8) is 0 Å². The number of alkyl halides is 3. The predicted molar refractivity (Wildman–Crippen MR) is 144 cm³/mol. The summed E-state index contributed by atoms with van der Waals surface area (Å²) in [5.74, 6) is -0.821. The van der Waals surface area contributed by atoms with Crippen LogP contribution in [0.2, 0.25) is 0 Å². The van der Waals surface area contributed by atoms with E-state index in [2.05, 4.69) is 20.6 Å². The average Bonchev–Trinajstić information content (AvgIpc) is 2.84. The van der Waals surface area contributed by atoms with Gasteiger partial charge >= 0.3 is 0 Å². The lowest BCUT2D eigenvalue weighted by Gasteiger charge is -2.24. The largest absolute Gasteiger partial charge is 0.336 e. The molecule has 0 fully saturated rings. The van der Waals surface area contributed by atoms with Crippen LogP contribution in [0.15, 0.2) is 92.6 Å². The van der Waals surface area contributed by atoms with Gasteiger partial charge in [-0.2, -0.15) is 0 Å². The van der Waals surface area contributed by atoms with Crippen LogP contribution in [0.3, 0.4) is 0 Å². The summed E-state index contributed by atoms with van der Waals surface area (Å²) in [5, 5.41) is 5.12. The van der Waals surface area contributed by atoms with Crippen molar-refractivity contribution in [1.82, 2.24) is 20.6 Å². The van der Waals surface area contributed by atoms with Gasteiger partial charge in [-0.3, -0.25) is 9.59 Å². The molecule has 1 unspecified atom stereocenters. The molecule has 0 spiro atoms. The maximum absolute atomic E-state index is 12.6. The van der Waals surface area contributed by atoms with Crippen molar-refractivity contribution in [3.05, 3.63) is 93.6 Å². The Hall–Kier alpha value is -1.65. The van der Waals surface area contributed by atoms with Gasteiger partial charge in [0.25, 0.3) is 11.8 Å². The van der Waals surface area contributed by atoms with Crippen molar-refractivity contribution < 1.29 is 9.59 Å². The minimum atomic E-state index is -1.85. The second-order valence-corrected chi connectivity index (χ2v) is 12.0. The van der Waals surface area contributed by atoms with Crippen LogP contribution in [0.1, 0.15) is 20.7 Å². The first-order valence-electron chi connectivity index (χ1n) is 9.65. The van der Waals surface area contributed by atoms with Gasteiger partial charge in [-0.1, -0.05) is 106 Å². The normalized spacial score (nSPS) is 11.9. The molecule has 0 bridgehead atoms. The monoisotopic (exact) mass is 606 g/mol. The van der Waals surface area contributed by atoms with Gasteiger partial charge in [-0.05, 0) is 42.1 Å². The third-order valence-corrected chi connectivity index (χ3v) is 7.78. The summed E-state index contributed by atoms with van der Waals surface area (Å²) in [4.78, 5) is 33.6. The molecule has 13 heteroatoms. The van der Waals surface area contributed by atoms with Gasteiger partial charge in [-0.15, -0.1) is 0 Å². The van der Waals surface area contributed by atoms with Gasteiger partial charge in [0.2, 0.25) is 3.79 Å². The molecule has 3 aromatic rings. The van der Waals surface area contributed by atoms with Crippen LogP contribution in [0.5, 0.6) is 0 Å². The first-order chi connectivity index (χ1) is 16.6. The van der Waals surface area contributed by atoms with E-state index in [0.29, 0.717) is 16.2 Å². The highest BCUT2D eigenvalue weighted by atomic mass is 35.6. The lowest BCUT2D eigenvalue weighted by molar-refractivity contribution is 0.0947. The summed E-state index contributed by atoms with van der Waals surface area (Å²) in [5.41, 5.74) is 0.831. The predicted octanol–water partition coefficient (Wildman–Crippen LogP) is 6.82. The van der Waals surface area contributed by atoms with E-state index in [4.69, 9.17) is 58.0 Å². The fraction of sp³-hybridized carbons (Fsp3) is 0.0909. The van der Waals surface area contributed by atoms with Crippen molar-refractivity contribution >= 4 is 93.3 Å². The van der Waals surface area contributed by atoms with Crippen molar-refractivity contribution in [2.75, 3.05) is 0 Å². The standard InChI is InChI=1S/C22H15Cl5N4O2S2/c23-16(24)19(30-17(32)13-7-3-1-4-8-13)35-21-28-12-11-15(29-21)34-20(22(25,26)27)31-18(33)14-9-5-2-6-10-14/h1-12,20H,(H,30,32)(H,31,33). The summed E-state index contributed by atoms with van der Waals surface area (Å²) in [6, 6.07) is 18.7. The van der Waals surface area contributed by atoms with Crippen LogP contribution in [-0.2, 0) is 0 Å². The SMILES string of the molecule is O=C(NC(Sc1nccc(SC(NC(=O)c2ccccc2)C(Cl)(Cl)Cl)n1)=C(Cl)Cl)c1ccccc1. The average molecular weight is 609 g/mol. The third-order valence-electron chi connectivity index (χ3n) is 4.07. The first kappa shape index (κ1) is 27.9. The van der Waals surface area contributed by atoms with Crippen LogP contribution in [-0.4, -0.2) is 30.9 Å². The molecule has 1 heterocycles.